The van der Waals surface area contributed by atoms with Crippen molar-refractivity contribution in [2.75, 3.05) is 0 Å². The monoisotopic (exact) mass is 363 g/mol. The van der Waals surface area contributed by atoms with Crippen LogP contribution in [0, 0.1) is 0 Å². The molecule has 1 aromatic rings. The highest BCUT2D eigenvalue weighted by atomic mass is 35.5. The van der Waals surface area contributed by atoms with Crippen molar-refractivity contribution in [1.82, 2.24) is 4.31 Å². The molecule has 6 atom stereocenters. The zero-order valence-electron chi connectivity index (χ0n) is 11.1. The van der Waals surface area contributed by atoms with E-state index in [9.17, 15) is 8.42 Å². The van der Waals surface area contributed by atoms with Crippen molar-refractivity contribution in [3.63, 3.8) is 0 Å². The summed E-state index contributed by atoms with van der Waals surface area (Å²) in [6.45, 7) is 0. The van der Waals surface area contributed by atoms with Crippen molar-refractivity contribution in [1.29, 1.82) is 0 Å². The first-order valence-electron chi connectivity index (χ1n) is 7.02. The molecule has 0 radical (unpaired) electrons. The molecule has 0 N–H and O–H groups in total. The van der Waals surface area contributed by atoms with Crippen LogP contribution in [0.1, 0.15) is 12.8 Å². The number of hydrogen-bond donors (Lipinski definition) is 0. The molecule has 1 aromatic carbocycles. The first-order chi connectivity index (χ1) is 10.00. The summed E-state index contributed by atoms with van der Waals surface area (Å²) in [5.41, 5.74) is 0. The van der Waals surface area contributed by atoms with Crippen LogP contribution in [0.15, 0.2) is 35.2 Å². The maximum atomic E-state index is 13.0. The molecule has 0 aliphatic carbocycles. The van der Waals surface area contributed by atoms with Crippen LogP contribution in [0.5, 0.6) is 0 Å². The molecule has 7 heteroatoms. The Hall–Kier alpha value is 0.0600. The molecular formula is C14H15Cl2NO2S2. The fourth-order valence-corrected chi connectivity index (χ4v) is 8.55. The Morgan fingerprint density at radius 2 is 1.52 bits per heavy atom. The predicted octanol–water partition coefficient (Wildman–Crippen LogP) is 2.92. The molecule has 4 aliphatic rings. The first-order valence-corrected chi connectivity index (χ1v) is 10.3. The van der Waals surface area contributed by atoms with E-state index >= 15 is 0 Å². The second-order valence-electron chi connectivity index (χ2n) is 5.86. The molecule has 21 heavy (non-hydrogen) atoms. The molecule has 0 amide bonds. The molecule has 0 saturated carbocycles. The van der Waals surface area contributed by atoms with Gasteiger partial charge in [-0.05, 0) is 25.0 Å². The predicted molar refractivity (Wildman–Crippen MR) is 86.7 cm³/mol. The third-order valence-corrected chi connectivity index (χ3v) is 9.84. The molecule has 4 aliphatic heterocycles. The van der Waals surface area contributed by atoms with E-state index in [0.717, 1.165) is 12.8 Å². The number of alkyl halides is 2. The molecule has 0 aromatic heterocycles. The Labute approximate surface area is 139 Å². The van der Waals surface area contributed by atoms with Gasteiger partial charge in [0.15, 0.2) is 0 Å². The average Bonchev–Trinajstić information content (AvgIpc) is 2.46. The second-order valence-corrected chi connectivity index (χ2v) is 10.2. The lowest BCUT2D eigenvalue weighted by molar-refractivity contribution is 0.127. The largest absolute Gasteiger partial charge is 0.243 e. The van der Waals surface area contributed by atoms with Crippen molar-refractivity contribution in [3.05, 3.63) is 30.3 Å². The van der Waals surface area contributed by atoms with Gasteiger partial charge < -0.3 is 0 Å². The van der Waals surface area contributed by atoms with E-state index in [1.807, 2.05) is 17.8 Å². The Bertz CT molecular complexity index is 632. The van der Waals surface area contributed by atoms with Gasteiger partial charge in [0.2, 0.25) is 10.0 Å². The van der Waals surface area contributed by atoms with Crippen molar-refractivity contribution >= 4 is 45.0 Å². The lowest BCUT2D eigenvalue weighted by atomic mass is 9.84. The van der Waals surface area contributed by atoms with Crippen LogP contribution in [-0.4, -0.2) is 46.1 Å². The zero-order chi connectivity index (χ0) is 14.8. The standard InChI is InChI=1S/C14H15Cl2NO2S2/c15-13-9-6-11-14(16)10(7-12(13)20-11)17(9)21(18,19)8-4-2-1-3-5-8/h1-5,9-14H,6-7H2/t9-,10-,11-,12-,13-,14-/m0/s1. The van der Waals surface area contributed by atoms with Gasteiger partial charge in [-0.3, -0.25) is 0 Å². The van der Waals surface area contributed by atoms with Gasteiger partial charge in [-0.1, -0.05) is 18.2 Å². The number of benzene rings is 1. The van der Waals surface area contributed by atoms with Crippen molar-refractivity contribution in [3.8, 4) is 0 Å². The summed E-state index contributed by atoms with van der Waals surface area (Å²) in [4.78, 5) is 0.331. The summed E-state index contributed by atoms with van der Waals surface area (Å²) < 4.78 is 27.6. The highest BCUT2D eigenvalue weighted by molar-refractivity contribution is 8.00. The van der Waals surface area contributed by atoms with Gasteiger partial charge in [0.1, 0.15) is 0 Å². The number of halogens is 2. The highest BCUT2D eigenvalue weighted by Gasteiger charge is 2.59. The van der Waals surface area contributed by atoms with E-state index in [1.165, 1.54) is 0 Å². The van der Waals surface area contributed by atoms with Gasteiger partial charge in [-0.2, -0.15) is 16.1 Å². The summed E-state index contributed by atoms with van der Waals surface area (Å²) in [5, 5.41) is 0.422. The average molecular weight is 364 g/mol. The molecule has 4 heterocycles. The Kier molecular flexibility index (Phi) is 3.51. The number of piperidine rings is 2. The first kappa shape index (κ1) is 14.6. The highest BCUT2D eigenvalue weighted by Crippen LogP contribution is 2.54. The van der Waals surface area contributed by atoms with Crippen LogP contribution in [0.4, 0.5) is 0 Å². The third kappa shape index (κ3) is 2.08. The quantitative estimate of drug-likeness (QED) is 0.758. The molecule has 4 fully saturated rings. The summed E-state index contributed by atoms with van der Waals surface area (Å²) in [6.07, 6.45) is 1.51. The smallest absolute Gasteiger partial charge is 0.207 e. The topological polar surface area (TPSA) is 37.4 Å². The molecule has 0 spiro atoms. The van der Waals surface area contributed by atoms with E-state index in [1.54, 1.807) is 28.6 Å². The number of hydrogen-bond acceptors (Lipinski definition) is 3. The van der Waals surface area contributed by atoms with E-state index < -0.39 is 10.0 Å². The molecule has 5 rings (SSSR count). The molecule has 4 saturated heterocycles. The van der Waals surface area contributed by atoms with E-state index in [-0.39, 0.29) is 22.8 Å². The van der Waals surface area contributed by atoms with Gasteiger partial charge in [-0.25, -0.2) is 8.42 Å². The summed E-state index contributed by atoms with van der Waals surface area (Å²) in [7, 11) is -3.53. The number of sulfonamides is 1. The van der Waals surface area contributed by atoms with Gasteiger partial charge >= 0.3 is 0 Å². The van der Waals surface area contributed by atoms with Crippen LogP contribution in [0.2, 0.25) is 0 Å². The van der Waals surface area contributed by atoms with E-state index in [2.05, 4.69) is 0 Å². The normalized spacial score (nSPS) is 42.4. The minimum Gasteiger partial charge on any atom is -0.207 e. The minimum atomic E-state index is -3.53. The SMILES string of the molecule is O=S(=O)(c1ccccc1)N1[C@H]2C[C@@H]3S[C@@H](C[C@H]1[C@@H]3Cl)[C@H]2Cl. The number of thioether (sulfide) groups is 1. The van der Waals surface area contributed by atoms with Crippen molar-refractivity contribution < 1.29 is 8.42 Å². The van der Waals surface area contributed by atoms with E-state index in [4.69, 9.17) is 23.2 Å². The van der Waals surface area contributed by atoms with Crippen LogP contribution >= 0.6 is 35.0 Å². The van der Waals surface area contributed by atoms with Crippen LogP contribution < -0.4 is 0 Å². The second kappa shape index (κ2) is 5.03. The fraction of sp³-hybridized carbons (Fsp3) is 0.571. The molecular weight excluding hydrogens is 349 g/mol. The lowest BCUT2D eigenvalue weighted by Gasteiger charge is -2.59. The third-order valence-electron chi connectivity index (χ3n) is 4.72. The number of nitrogens with zero attached hydrogens (tertiary/aromatic N) is 1. The Balaban J connectivity index is 1.78. The summed E-state index contributed by atoms with van der Waals surface area (Å²) in [6, 6.07) is 8.34. The van der Waals surface area contributed by atoms with Gasteiger partial charge in [0.25, 0.3) is 0 Å². The zero-order valence-corrected chi connectivity index (χ0v) is 14.2. The van der Waals surface area contributed by atoms with Crippen LogP contribution in [0.25, 0.3) is 0 Å². The Morgan fingerprint density at radius 3 is 2.05 bits per heavy atom. The molecule has 3 nitrogen and oxygen atoms in total. The van der Waals surface area contributed by atoms with E-state index in [0.29, 0.717) is 15.4 Å². The number of rotatable bonds is 2. The molecule has 114 valence electrons. The van der Waals surface area contributed by atoms with Crippen LogP contribution in [-0.2, 0) is 10.0 Å². The van der Waals surface area contributed by atoms with Crippen molar-refractivity contribution in [2.45, 2.75) is 51.1 Å². The Morgan fingerprint density at radius 1 is 1.00 bits per heavy atom. The summed E-state index contributed by atoms with van der Waals surface area (Å²) >= 11 is 14.9. The lowest BCUT2D eigenvalue weighted by Crippen LogP contribution is -2.70. The van der Waals surface area contributed by atoms with Gasteiger partial charge in [-0.15, -0.1) is 23.2 Å². The maximum absolute atomic E-state index is 13.0. The van der Waals surface area contributed by atoms with Crippen LogP contribution in [0.3, 0.4) is 0 Å². The maximum Gasteiger partial charge on any atom is 0.243 e. The van der Waals surface area contributed by atoms with Gasteiger partial charge in [0.05, 0.1) is 15.6 Å². The summed E-state index contributed by atoms with van der Waals surface area (Å²) in [5.74, 6) is 0. The minimum absolute atomic E-state index is 0.120. The van der Waals surface area contributed by atoms with Gasteiger partial charge in [0, 0.05) is 22.6 Å². The van der Waals surface area contributed by atoms with Crippen molar-refractivity contribution in [2.24, 2.45) is 0 Å². The fourth-order valence-electron chi connectivity index (χ4n) is 3.78. The molecule has 0 unspecified atom stereocenters. The molecule has 4 bridgehead atoms.